The van der Waals surface area contributed by atoms with Crippen LogP contribution in [0.15, 0.2) is 76.5 Å². The lowest BCUT2D eigenvalue weighted by atomic mass is 9.76. The minimum absolute atomic E-state index is 0.0173. The predicted octanol–water partition coefficient (Wildman–Crippen LogP) is 4.61. The van der Waals surface area contributed by atoms with Gasteiger partial charge in [0.15, 0.2) is 5.76 Å². The largest absolute Gasteiger partial charge is 0.462 e. The Morgan fingerprint density at radius 1 is 0.950 bits per heavy atom. The molecule has 1 saturated carbocycles. The van der Waals surface area contributed by atoms with E-state index < -0.39 is 5.97 Å². The average Bonchev–Trinajstić information content (AvgIpc) is 3.53. The van der Waals surface area contributed by atoms with E-state index in [4.69, 9.17) is 9.15 Å². The number of amides is 2. The van der Waals surface area contributed by atoms with Crippen LogP contribution >= 0.6 is 0 Å². The Hall–Kier alpha value is -4.07. The molecule has 2 unspecified atom stereocenters. The van der Waals surface area contributed by atoms with E-state index in [0.29, 0.717) is 38.5 Å². The Morgan fingerprint density at radius 2 is 1.73 bits per heavy atom. The lowest BCUT2D eigenvalue weighted by Crippen LogP contribution is -2.57. The summed E-state index contributed by atoms with van der Waals surface area (Å²) in [5.41, 5.74) is 2.03. The molecule has 2 fully saturated rings. The van der Waals surface area contributed by atoms with Gasteiger partial charge in [-0.05, 0) is 54.3 Å². The van der Waals surface area contributed by atoms with Crippen LogP contribution < -0.4 is 0 Å². The first kappa shape index (κ1) is 26.2. The summed E-state index contributed by atoms with van der Waals surface area (Å²) >= 11 is 0. The van der Waals surface area contributed by atoms with Crippen molar-refractivity contribution >= 4 is 28.6 Å². The molecule has 2 aliphatic heterocycles. The van der Waals surface area contributed by atoms with E-state index in [-0.39, 0.29) is 36.0 Å². The van der Waals surface area contributed by atoms with Gasteiger partial charge in [0.2, 0.25) is 0 Å². The molecule has 3 heterocycles. The number of carbonyl (C=O) groups excluding carboxylic acids is 3. The molecule has 208 valence electrons. The van der Waals surface area contributed by atoms with Gasteiger partial charge >= 0.3 is 5.97 Å². The lowest BCUT2D eigenvalue weighted by Gasteiger charge is -2.49. The monoisotopic (exact) mass is 541 g/mol. The Kier molecular flexibility index (Phi) is 7.32. The molecule has 8 nitrogen and oxygen atoms in total. The first-order valence-corrected chi connectivity index (χ1v) is 14.3. The highest BCUT2D eigenvalue weighted by Crippen LogP contribution is 2.42. The normalized spacial score (nSPS) is 21.5. The molecule has 0 bridgehead atoms. The third-order valence-corrected chi connectivity index (χ3v) is 8.50. The van der Waals surface area contributed by atoms with Crippen molar-refractivity contribution < 1.29 is 23.5 Å². The van der Waals surface area contributed by atoms with E-state index in [1.807, 2.05) is 17.0 Å². The molecule has 1 aliphatic carbocycles. The van der Waals surface area contributed by atoms with Crippen LogP contribution in [0.5, 0.6) is 0 Å². The number of hydrogen-bond donors (Lipinski definition) is 0. The first-order chi connectivity index (χ1) is 19.5. The zero-order valence-corrected chi connectivity index (χ0v) is 22.9. The molecule has 8 heteroatoms. The number of rotatable bonds is 6. The van der Waals surface area contributed by atoms with Gasteiger partial charge in [-0.2, -0.15) is 0 Å². The van der Waals surface area contributed by atoms with E-state index in [9.17, 15) is 14.4 Å². The Bertz CT molecular complexity index is 1440. The van der Waals surface area contributed by atoms with Gasteiger partial charge in [-0.3, -0.25) is 9.59 Å². The molecule has 0 radical (unpaired) electrons. The second-order valence-electron chi connectivity index (χ2n) is 10.8. The van der Waals surface area contributed by atoms with Crippen LogP contribution in [-0.2, 0) is 20.9 Å². The summed E-state index contributed by atoms with van der Waals surface area (Å²) in [6, 6.07) is 17.9. The summed E-state index contributed by atoms with van der Waals surface area (Å²) < 4.78 is 10.8. The highest BCUT2D eigenvalue weighted by molar-refractivity contribution is 6.17. The van der Waals surface area contributed by atoms with E-state index in [0.717, 1.165) is 47.7 Å². The second-order valence-corrected chi connectivity index (χ2v) is 10.8. The van der Waals surface area contributed by atoms with E-state index in [1.54, 1.807) is 24.0 Å². The Labute approximate surface area is 234 Å². The van der Waals surface area contributed by atoms with Gasteiger partial charge in [-0.15, -0.1) is 0 Å². The van der Waals surface area contributed by atoms with Crippen molar-refractivity contribution in [2.24, 2.45) is 5.92 Å². The summed E-state index contributed by atoms with van der Waals surface area (Å²) in [4.78, 5) is 46.3. The minimum Gasteiger partial charge on any atom is -0.462 e. The van der Waals surface area contributed by atoms with Crippen molar-refractivity contribution in [3.05, 3.63) is 83.5 Å². The summed E-state index contributed by atoms with van der Waals surface area (Å²) in [5.74, 6) is -0.563. The van der Waals surface area contributed by atoms with Gasteiger partial charge in [0.1, 0.15) is 5.57 Å². The standard InChI is InChI=1S/C32H35N3O5/c1-2-39-32(38)28-29(33-15-17-34(18-16-33)30(36)27-12-7-19-40-27)25-10-5-6-11-26(25)35(31(28)37)21-22-13-14-23-8-3-4-9-24(23)20-22/h3-4,7-9,12-14,19-20,25-26H,2,5-6,10-11,15-18,21H2,1H3. The van der Waals surface area contributed by atoms with Crippen LogP contribution in [-0.4, -0.2) is 71.3 Å². The molecule has 2 atom stereocenters. The zero-order valence-electron chi connectivity index (χ0n) is 22.9. The number of hydrogen-bond acceptors (Lipinski definition) is 6. The van der Waals surface area contributed by atoms with Gasteiger partial charge < -0.3 is 23.9 Å². The summed E-state index contributed by atoms with van der Waals surface area (Å²) in [5, 5.41) is 2.29. The van der Waals surface area contributed by atoms with Crippen molar-refractivity contribution in [3.63, 3.8) is 0 Å². The van der Waals surface area contributed by atoms with Gasteiger partial charge in [0.05, 0.1) is 12.9 Å². The molecule has 3 aromatic rings. The van der Waals surface area contributed by atoms with Crippen LogP contribution in [0.4, 0.5) is 0 Å². The maximum Gasteiger partial charge on any atom is 0.345 e. The van der Waals surface area contributed by atoms with Gasteiger partial charge in [-0.1, -0.05) is 49.2 Å². The van der Waals surface area contributed by atoms with Gasteiger partial charge in [0, 0.05) is 50.4 Å². The zero-order chi connectivity index (χ0) is 27.6. The highest BCUT2D eigenvalue weighted by Gasteiger charge is 2.47. The van der Waals surface area contributed by atoms with Crippen LogP contribution in [0.3, 0.4) is 0 Å². The number of esters is 1. The third-order valence-electron chi connectivity index (χ3n) is 8.50. The Morgan fingerprint density at radius 3 is 2.48 bits per heavy atom. The SMILES string of the molecule is CCOC(=O)C1=C(N2CCN(C(=O)c3ccco3)CC2)C2CCCCC2N(Cc2ccc3ccccc3c2)C1=O. The van der Waals surface area contributed by atoms with Crippen LogP contribution in [0.2, 0.25) is 0 Å². The predicted molar refractivity (Wildman–Crippen MR) is 150 cm³/mol. The fourth-order valence-electron chi connectivity index (χ4n) is 6.61. The van der Waals surface area contributed by atoms with Crippen LogP contribution in [0.25, 0.3) is 10.8 Å². The van der Waals surface area contributed by atoms with Crippen molar-refractivity contribution in [3.8, 4) is 0 Å². The lowest BCUT2D eigenvalue weighted by molar-refractivity contribution is -0.145. The minimum atomic E-state index is -0.552. The van der Waals surface area contributed by atoms with E-state index in [2.05, 4.69) is 35.2 Å². The van der Waals surface area contributed by atoms with Crippen molar-refractivity contribution in [1.29, 1.82) is 0 Å². The molecular weight excluding hydrogens is 506 g/mol. The van der Waals surface area contributed by atoms with Crippen molar-refractivity contribution in [2.45, 2.75) is 45.2 Å². The van der Waals surface area contributed by atoms with E-state index in [1.165, 1.54) is 6.26 Å². The number of carbonyl (C=O) groups is 3. The summed E-state index contributed by atoms with van der Waals surface area (Å²) in [6.07, 6.45) is 5.42. The molecule has 6 rings (SSSR count). The third kappa shape index (κ3) is 4.87. The van der Waals surface area contributed by atoms with Crippen LogP contribution in [0.1, 0.15) is 48.7 Å². The fourth-order valence-corrected chi connectivity index (χ4v) is 6.61. The molecule has 0 N–H and O–H groups in total. The maximum absolute atomic E-state index is 14.2. The number of nitrogens with zero attached hydrogens (tertiary/aromatic N) is 3. The fraction of sp³-hybridized carbons (Fsp3) is 0.406. The molecule has 1 saturated heterocycles. The molecule has 0 spiro atoms. The smallest absolute Gasteiger partial charge is 0.345 e. The molecule has 3 aliphatic rings. The van der Waals surface area contributed by atoms with Gasteiger partial charge in [0.25, 0.3) is 11.8 Å². The van der Waals surface area contributed by atoms with Gasteiger partial charge in [-0.25, -0.2) is 4.79 Å². The van der Waals surface area contributed by atoms with Crippen molar-refractivity contribution in [1.82, 2.24) is 14.7 Å². The molecule has 2 amide bonds. The summed E-state index contributed by atoms with van der Waals surface area (Å²) in [6.45, 7) is 4.50. The molecule has 1 aromatic heterocycles. The molecule has 2 aromatic carbocycles. The topological polar surface area (TPSA) is 83.3 Å². The second kappa shape index (κ2) is 11.2. The average molecular weight is 542 g/mol. The van der Waals surface area contributed by atoms with Crippen LogP contribution in [0, 0.1) is 5.92 Å². The summed E-state index contributed by atoms with van der Waals surface area (Å²) in [7, 11) is 0. The first-order valence-electron chi connectivity index (χ1n) is 14.3. The number of ether oxygens (including phenoxy) is 1. The Balaban J connectivity index is 1.32. The highest BCUT2D eigenvalue weighted by atomic mass is 16.5. The number of piperazine rings is 1. The van der Waals surface area contributed by atoms with Crippen molar-refractivity contribution in [2.75, 3.05) is 32.8 Å². The number of fused-ring (bicyclic) bond motifs is 2. The van der Waals surface area contributed by atoms with E-state index >= 15 is 0 Å². The number of benzene rings is 2. The maximum atomic E-state index is 14.2. The number of furan rings is 1. The molecule has 40 heavy (non-hydrogen) atoms. The molecular formula is C32H35N3O5. The quantitative estimate of drug-likeness (QED) is 0.335.